The second kappa shape index (κ2) is 13.7. The SMILES string of the molecule is CCNC(=NCC1CCCN(C)C1)NCCCOC1CCN(Cc2ccccc2)CC1. The molecule has 2 heterocycles. The van der Waals surface area contributed by atoms with Crippen molar-refractivity contribution in [3.63, 3.8) is 0 Å². The van der Waals surface area contributed by atoms with E-state index < -0.39 is 0 Å². The first-order valence-corrected chi connectivity index (χ1v) is 12.3. The standard InChI is InChI=1S/C25H43N5O/c1-3-26-25(28-19-23-11-7-15-29(2)20-23)27-14-8-18-31-24-12-16-30(17-13-24)21-22-9-5-4-6-10-22/h4-6,9-10,23-24H,3,7-8,11-21H2,1-2H3,(H2,26,27,28). The molecule has 2 aliphatic rings. The molecule has 0 aliphatic carbocycles. The molecule has 6 nitrogen and oxygen atoms in total. The number of hydrogen-bond donors (Lipinski definition) is 2. The van der Waals surface area contributed by atoms with E-state index >= 15 is 0 Å². The zero-order chi connectivity index (χ0) is 21.7. The Kier molecular flexibility index (Phi) is 10.6. The predicted octanol–water partition coefficient (Wildman–Crippen LogP) is 2.95. The van der Waals surface area contributed by atoms with E-state index in [4.69, 9.17) is 9.73 Å². The van der Waals surface area contributed by atoms with Crippen molar-refractivity contribution in [3.05, 3.63) is 35.9 Å². The molecule has 0 radical (unpaired) electrons. The highest BCUT2D eigenvalue weighted by Crippen LogP contribution is 2.17. The van der Waals surface area contributed by atoms with E-state index in [2.05, 4.69) is 64.7 Å². The van der Waals surface area contributed by atoms with E-state index in [1.54, 1.807) is 0 Å². The topological polar surface area (TPSA) is 52.1 Å². The molecular formula is C25H43N5O. The summed E-state index contributed by atoms with van der Waals surface area (Å²) in [6.07, 6.45) is 6.30. The maximum Gasteiger partial charge on any atom is 0.191 e. The van der Waals surface area contributed by atoms with Gasteiger partial charge < -0.3 is 20.3 Å². The van der Waals surface area contributed by atoms with Gasteiger partial charge in [0.25, 0.3) is 0 Å². The summed E-state index contributed by atoms with van der Waals surface area (Å²) < 4.78 is 6.16. The summed E-state index contributed by atoms with van der Waals surface area (Å²) in [6, 6.07) is 10.8. The Bertz CT molecular complexity index is 630. The lowest BCUT2D eigenvalue weighted by Crippen LogP contribution is -2.40. The zero-order valence-corrected chi connectivity index (χ0v) is 19.7. The predicted molar refractivity (Wildman–Crippen MR) is 130 cm³/mol. The average Bonchev–Trinajstić information content (AvgIpc) is 2.79. The highest BCUT2D eigenvalue weighted by atomic mass is 16.5. The monoisotopic (exact) mass is 429 g/mol. The number of ether oxygens (including phenoxy) is 1. The third-order valence-corrected chi connectivity index (χ3v) is 6.32. The molecule has 0 saturated carbocycles. The minimum absolute atomic E-state index is 0.414. The lowest BCUT2D eigenvalue weighted by Gasteiger charge is -2.32. The van der Waals surface area contributed by atoms with Crippen LogP contribution in [0.15, 0.2) is 35.3 Å². The fraction of sp³-hybridized carbons (Fsp3) is 0.720. The van der Waals surface area contributed by atoms with Gasteiger partial charge in [-0.2, -0.15) is 0 Å². The lowest BCUT2D eigenvalue weighted by atomic mass is 9.99. The molecule has 1 aromatic rings. The maximum absolute atomic E-state index is 6.16. The Hall–Kier alpha value is -1.63. The van der Waals surface area contributed by atoms with Crippen LogP contribution in [0.2, 0.25) is 0 Å². The van der Waals surface area contributed by atoms with E-state index in [-0.39, 0.29) is 0 Å². The molecule has 0 amide bonds. The van der Waals surface area contributed by atoms with Crippen molar-refractivity contribution in [2.45, 2.75) is 51.7 Å². The first-order valence-electron chi connectivity index (χ1n) is 12.3. The fourth-order valence-corrected chi connectivity index (χ4v) is 4.59. The Labute approximate surface area is 189 Å². The molecule has 2 fully saturated rings. The van der Waals surface area contributed by atoms with Gasteiger partial charge >= 0.3 is 0 Å². The number of nitrogens with one attached hydrogen (secondary N) is 2. The molecular weight excluding hydrogens is 386 g/mol. The van der Waals surface area contributed by atoms with Crippen LogP contribution in [0.5, 0.6) is 0 Å². The minimum atomic E-state index is 0.414. The number of nitrogens with zero attached hydrogens (tertiary/aromatic N) is 3. The molecule has 31 heavy (non-hydrogen) atoms. The van der Waals surface area contributed by atoms with E-state index in [0.717, 1.165) is 71.1 Å². The molecule has 0 spiro atoms. The van der Waals surface area contributed by atoms with Crippen molar-refractivity contribution in [1.29, 1.82) is 0 Å². The van der Waals surface area contributed by atoms with Crippen LogP contribution in [-0.2, 0) is 11.3 Å². The number of hydrogen-bond acceptors (Lipinski definition) is 4. The summed E-state index contributed by atoms with van der Waals surface area (Å²) in [7, 11) is 2.21. The molecule has 0 bridgehead atoms. The molecule has 0 aromatic heterocycles. The minimum Gasteiger partial charge on any atom is -0.378 e. The van der Waals surface area contributed by atoms with Gasteiger partial charge in [0.1, 0.15) is 0 Å². The number of rotatable bonds is 10. The van der Waals surface area contributed by atoms with Gasteiger partial charge in [0.2, 0.25) is 0 Å². The van der Waals surface area contributed by atoms with Gasteiger partial charge in [-0.15, -0.1) is 0 Å². The van der Waals surface area contributed by atoms with Crippen LogP contribution < -0.4 is 10.6 Å². The molecule has 3 rings (SSSR count). The number of benzene rings is 1. The van der Waals surface area contributed by atoms with Crippen LogP contribution in [-0.4, -0.2) is 81.3 Å². The van der Waals surface area contributed by atoms with Gasteiger partial charge in [-0.3, -0.25) is 9.89 Å². The Morgan fingerprint density at radius 2 is 1.90 bits per heavy atom. The van der Waals surface area contributed by atoms with Crippen LogP contribution in [0.1, 0.15) is 44.6 Å². The third kappa shape index (κ3) is 9.17. The van der Waals surface area contributed by atoms with Crippen molar-refractivity contribution in [3.8, 4) is 0 Å². The molecule has 6 heteroatoms. The van der Waals surface area contributed by atoms with Gasteiger partial charge in [0.05, 0.1) is 6.10 Å². The number of likely N-dealkylation sites (tertiary alicyclic amines) is 2. The van der Waals surface area contributed by atoms with Crippen molar-refractivity contribution in [2.75, 3.05) is 59.5 Å². The van der Waals surface area contributed by atoms with Crippen LogP contribution in [0.3, 0.4) is 0 Å². The quantitative estimate of drug-likeness (QED) is 0.340. The second-order valence-electron chi connectivity index (χ2n) is 9.10. The molecule has 174 valence electrons. The number of guanidine groups is 1. The number of aliphatic imine (C=N–C) groups is 1. The first kappa shape index (κ1) is 24.0. The fourth-order valence-electron chi connectivity index (χ4n) is 4.59. The molecule has 1 unspecified atom stereocenters. The molecule has 2 saturated heterocycles. The van der Waals surface area contributed by atoms with E-state index in [1.807, 2.05) is 0 Å². The van der Waals surface area contributed by atoms with Gasteiger partial charge in [-0.1, -0.05) is 30.3 Å². The van der Waals surface area contributed by atoms with E-state index in [1.165, 1.54) is 31.5 Å². The molecule has 2 aliphatic heterocycles. The maximum atomic E-state index is 6.16. The second-order valence-corrected chi connectivity index (χ2v) is 9.10. The van der Waals surface area contributed by atoms with Crippen LogP contribution >= 0.6 is 0 Å². The van der Waals surface area contributed by atoms with E-state index in [9.17, 15) is 0 Å². The molecule has 1 atom stereocenters. The van der Waals surface area contributed by atoms with Crippen molar-refractivity contribution >= 4 is 5.96 Å². The van der Waals surface area contributed by atoms with Gasteiger partial charge in [-0.25, -0.2) is 0 Å². The van der Waals surface area contributed by atoms with Crippen molar-refractivity contribution < 1.29 is 4.74 Å². The van der Waals surface area contributed by atoms with Gasteiger partial charge in [0.15, 0.2) is 5.96 Å². The summed E-state index contributed by atoms with van der Waals surface area (Å²) in [5.74, 6) is 1.63. The Morgan fingerprint density at radius 1 is 1.10 bits per heavy atom. The number of piperidine rings is 2. The normalized spacial score (nSPS) is 21.9. The largest absolute Gasteiger partial charge is 0.378 e. The first-order chi connectivity index (χ1) is 15.2. The Balaban J connectivity index is 1.26. The summed E-state index contributed by atoms with van der Waals surface area (Å²) in [6.45, 7) is 11.4. The average molecular weight is 430 g/mol. The molecule has 2 N–H and O–H groups in total. The zero-order valence-electron chi connectivity index (χ0n) is 19.7. The van der Waals surface area contributed by atoms with Crippen LogP contribution in [0, 0.1) is 5.92 Å². The lowest BCUT2D eigenvalue weighted by molar-refractivity contribution is 0.00534. The van der Waals surface area contributed by atoms with Crippen LogP contribution in [0.25, 0.3) is 0 Å². The Morgan fingerprint density at radius 3 is 2.65 bits per heavy atom. The van der Waals surface area contributed by atoms with Crippen molar-refractivity contribution in [2.24, 2.45) is 10.9 Å². The highest BCUT2D eigenvalue weighted by Gasteiger charge is 2.19. The van der Waals surface area contributed by atoms with E-state index in [0.29, 0.717) is 12.0 Å². The van der Waals surface area contributed by atoms with Crippen molar-refractivity contribution in [1.82, 2.24) is 20.4 Å². The summed E-state index contributed by atoms with van der Waals surface area (Å²) >= 11 is 0. The third-order valence-electron chi connectivity index (χ3n) is 6.32. The smallest absolute Gasteiger partial charge is 0.191 e. The highest BCUT2D eigenvalue weighted by molar-refractivity contribution is 5.79. The summed E-state index contributed by atoms with van der Waals surface area (Å²) in [5.41, 5.74) is 1.40. The summed E-state index contributed by atoms with van der Waals surface area (Å²) in [4.78, 5) is 9.79. The molecule has 1 aromatic carbocycles. The van der Waals surface area contributed by atoms with Crippen LogP contribution in [0.4, 0.5) is 0 Å². The van der Waals surface area contributed by atoms with Gasteiger partial charge in [-0.05, 0) is 64.1 Å². The van der Waals surface area contributed by atoms with Gasteiger partial charge in [0, 0.05) is 52.4 Å². The summed E-state index contributed by atoms with van der Waals surface area (Å²) in [5, 5.41) is 6.86.